The summed E-state index contributed by atoms with van der Waals surface area (Å²) < 4.78 is 0. The summed E-state index contributed by atoms with van der Waals surface area (Å²) in [6.45, 7) is 1.03. The van der Waals surface area contributed by atoms with Crippen molar-refractivity contribution in [3.63, 3.8) is 0 Å². The highest BCUT2D eigenvalue weighted by atomic mass is 16.6. The zero-order valence-electron chi connectivity index (χ0n) is 10.5. The van der Waals surface area contributed by atoms with Crippen LogP contribution in [0.1, 0.15) is 31.0 Å². The first kappa shape index (κ1) is 12.0. The number of nitrogens with zero attached hydrogens (tertiary/aromatic N) is 2. The average molecular weight is 257 g/mol. The fourth-order valence-electron chi connectivity index (χ4n) is 2.54. The van der Waals surface area contributed by atoms with Crippen molar-refractivity contribution in [3.05, 3.63) is 46.1 Å². The number of benzene rings is 1. The Balaban J connectivity index is 1.97. The number of nitro groups is 1. The van der Waals surface area contributed by atoms with Gasteiger partial charge in [0.2, 0.25) is 0 Å². The highest BCUT2D eigenvalue weighted by molar-refractivity contribution is 5.81. The number of pyridine rings is 1. The molecule has 0 aliphatic carbocycles. The molecule has 1 aliphatic heterocycles. The Morgan fingerprint density at radius 1 is 1.26 bits per heavy atom. The molecule has 1 fully saturated rings. The molecule has 1 aromatic carbocycles. The van der Waals surface area contributed by atoms with Crippen LogP contribution in [0.5, 0.6) is 0 Å². The van der Waals surface area contributed by atoms with E-state index in [0.717, 1.165) is 29.6 Å². The van der Waals surface area contributed by atoms with Crippen LogP contribution in [0.3, 0.4) is 0 Å². The van der Waals surface area contributed by atoms with Gasteiger partial charge in [-0.05, 0) is 31.5 Å². The maximum absolute atomic E-state index is 10.7. The van der Waals surface area contributed by atoms with Crippen molar-refractivity contribution in [1.82, 2.24) is 10.3 Å². The topological polar surface area (TPSA) is 68.1 Å². The summed E-state index contributed by atoms with van der Waals surface area (Å²) in [6.07, 6.45) is 3.54. The van der Waals surface area contributed by atoms with E-state index in [4.69, 9.17) is 0 Å². The molecular formula is C14H15N3O2. The molecule has 2 heterocycles. The van der Waals surface area contributed by atoms with Crippen LogP contribution >= 0.6 is 0 Å². The number of nitro benzene ring substituents is 1. The molecule has 1 aliphatic rings. The highest BCUT2D eigenvalue weighted by Crippen LogP contribution is 2.25. The van der Waals surface area contributed by atoms with Crippen LogP contribution in [0.15, 0.2) is 30.3 Å². The number of non-ortho nitro benzene ring substituents is 1. The SMILES string of the molecule is O=[N+]([O-])c1ccc2nc(C3CCCCN3)ccc2c1. The quantitative estimate of drug-likeness (QED) is 0.663. The van der Waals surface area contributed by atoms with Crippen molar-refractivity contribution < 1.29 is 4.92 Å². The van der Waals surface area contributed by atoms with Gasteiger partial charge in [0.05, 0.1) is 16.1 Å². The first-order valence-corrected chi connectivity index (χ1v) is 6.52. The minimum atomic E-state index is -0.379. The lowest BCUT2D eigenvalue weighted by molar-refractivity contribution is -0.384. The van der Waals surface area contributed by atoms with Crippen molar-refractivity contribution in [2.24, 2.45) is 0 Å². The Bertz CT molecular complexity index is 621. The van der Waals surface area contributed by atoms with Crippen LogP contribution in [0.2, 0.25) is 0 Å². The Labute approximate surface area is 110 Å². The lowest BCUT2D eigenvalue weighted by atomic mass is 10.0. The van der Waals surface area contributed by atoms with Gasteiger partial charge >= 0.3 is 0 Å². The molecule has 0 spiro atoms. The molecule has 98 valence electrons. The van der Waals surface area contributed by atoms with E-state index in [9.17, 15) is 10.1 Å². The molecule has 0 saturated carbocycles. The molecule has 2 aromatic rings. The van der Waals surface area contributed by atoms with Crippen LogP contribution in [0.25, 0.3) is 10.9 Å². The summed E-state index contributed by atoms with van der Waals surface area (Å²) in [5, 5.41) is 15.0. The Morgan fingerprint density at radius 3 is 2.89 bits per heavy atom. The van der Waals surface area contributed by atoms with E-state index < -0.39 is 0 Å². The van der Waals surface area contributed by atoms with Gasteiger partial charge in [0.15, 0.2) is 0 Å². The van der Waals surface area contributed by atoms with Gasteiger partial charge < -0.3 is 5.32 Å². The lowest BCUT2D eigenvalue weighted by Gasteiger charge is -2.23. The normalized spacial score (nSPS) is 19.5. The van der Waals surface area contributed by atoms with Crippen LogP contribution < -0.4 is 5.32 Å². The summed E-state index contributed by atoms with van der Waals surface area (Å²) in [7, 11) is 0. The summed E-state index contributed by atoms with van der Waals surface area (Å²) >= 11 is 0. The Kier molecular flexibility index (Phi) is 3.13. The first-order chi connectivity index (χ1) is 9.24. The summed E-state index contributed by atoms with van der Waals surface area (Å²) in [4.78, 5) is 15.0. The molecule has 1 N–H and O–H groups in total. The number of aromatic nitrogens is 1. The molecule has 5 heteroatoms. The van der Waals surface area contributed by atoms with Crippen molar-refractivity contribution in [1.29, 1.82) is 0 Å². The molecule has 19 heavy (non-hydrogen) atoms. The van der Waals surface area contributed by atoms with Crippen LogP contribution in [0, 0.1) is 10.1 Å². The van der Waals surface area contributed by atoms with Gasteiger partial charge in [-0.2, -0.15) is 0 Å². The first-order valence-electron chi connectivity index (χ1n) is 6.52. The second kappa shape index (κ2) is 4.93. The lowest BCUT2D eigenvalue weighted by Crippen LogP contribution is -2.27. The molecule has 0 radical (unpaired) electrons. The largest absolute Gasteiger partial charge is 0.309 e. The van der Waals surface area contributed by atoms with E-state index in [2.05, 4.69) is 10.3 Å². The molecule has 0 amide bonds. The van der Waals surface area contributed by atoms with Gasteiger partial charge in [-0.3, -0.25) is 15.1 Å². The number of hydrogen-bond acceptors (Lipinski definition) is 4. The molecular weight excluding hydrogens is 242 g/mol. The molecule has 1 aromatic heterocycles. The molecule has 5 nitrogen and oxygen atoms in total. The minimum Gasteiger partial charge on any atom is -0.309 e. The van der Waals surface area contributed by atoms with E-state index in [1.165, 1.54) is 18.9 Å². The minimum absolute atomic E-state index is 0.109. The predicted molar refractivity (Wildman–Crippen MR) is 73.0 cm³/mol. The van der Waals surface area contributed by atoms with Gasteiger partial charge in [0.1, 0.15) is 0 Å². The van der Waals surface area contributed by atoms with Crippen molar-refractivity contribution in [2.45, 2.75) is 25.3 Å². The maximum Gasteiger partial charge on any atom is 0.270 e. The summed E-state index contributed by atoms with van der Waals surface area (Å²) in [5.41, 5.74) is 1.95. The predicted octanol–water partition coefficient (Wildman–Crippen LogP) is 2.96. The van der Waals surface area contributed by atoms with Crippen molar-refractivity contribution in [2.75, 3.05) is 6.54 Å². The fourth-order valence-corrected chi connectivity index (χ4v) is 2.54. The third-order valence-electron chi connectivity index (χ3n) is 3.57. The van der Waals surface area contributed by atoms with Crippen molar-refractivity contribution >= 4 is 16.6 Å². The van der Waals surface area contributed by atoms with E-state index in [-0.39, 0.29) is 10.6 Å². The Hall–Kier alpha value is -2.01. The van der Waals surface area contributed by atoms with E-state index in [0.29, 0.717) is 6.04 Å². The van der Waals surface area contributed by atoms with Gasteiger partial charge in [-0.25, -0.2) is 0 Å². The molecule has 3 rings (SSSR count). The zero-order chi connectivity index (χ0) is 13.2. The van der Waals surface area contributed by atoms with Gasteiger partial charge in [0.25, 0.3) is 5.69 Å². The monoisotopic (exact) mass is 257 g/mol. The van der Waals surface area contributed by atoms with E-state index in [1.54, 1.807) is 12.1 Å². The second-order valence-corrected chi connectivity index (χ2v) is 4.87. The van der Waals surface area contributed by atoms with Crippen molar-refractivity contribution in [3.8, 4) is 0 Å². The maximum atomic E-state index is 10.7. The standard InChI is InChI=1S/C14H15N3O2/c18-17(19)11-5-7-12-10(9-11)4-6-14(16-12)13-3-1-2-8-15-13/h4-7,9,13,15H,1-3,8H2. The number of rotatable bonds is 2. The molecule has 1 saturated heterocycles. The summed E-state index contributed by atoms with van der Waals surface area (Å²) in [5.74, 6) is 0. The molecule has 0 bridgehead atoms. The number of fused-ring (bicyclic) bond motifs is 1. The average Bonchev–Trinajstić information content (AvgIpc) is 2.47. The fraction of sp³-hybridized carbons (Fsp3) is 0.357. The second-order valence-electron chi connectivity index (χ2n) is 4.87. The third kappa shape index (κ3) is 2.42. The van der Waals surface area contributed by atoms with E-state index in [1.807, 2.05) is 12.1 Å². The van der Waals surface area contributed by atoms with Crippen LogP contribution in [-0.4, -0.2) is 16.5 Å². The van der Waals surface area contributed by atoms with E-state index >= 15 is 0 Å². The van der Waals surface area contributed by atoms with Crippen LogP contribution in [0.4, 0.5) is 5.69 Å². The van der Waals surface area contributed by atoms with Gasteiger partial charge in [-0.1, -0.05) is 12.5 Å². The molecule has 1 atom stereocenters. The number of nitrogens with one attached hydrogen (secondary N) is 1. The van der Waals surface area contributed by atoms with Gasteiger partial charge in [-0.15, -0.1) is 0 Å². The molecule has 1 unspecified atom stereocenters. The summed E-state index contributed by atoms with van der Waals surface area (Å²) in [6, 6.07) is 9.00. The van der Waals surface area contributed by atoms with Gasteiger partial charge in [0, 0.05) is 23.6 Å². The van der Waals surface area contributed by atoms with Crippen LogP contribution in [-0.2, 0) is 0 Å². The zero-order valence-corrected chi connectivity index (χ0v) is 10.5. The third-order valence-corrected chi connectivity index (χ3v) is 3.57. The number of piperidine rings is 1. The smallest absolute Gasteiger partial charge is 0.270 e. The number of hydrogen-bond donors (Lipinski definition) is 1. The Morgan fingerprint density at radius 2 is 2.16 bits per heavy atom. The highest BCUT2D eigenvalue weighted by Gasteiger charge is 2.16.